The van der Waals surface area contributed by atoms with E-state index >= 15 is 0 Å². The van der Waals surface area contributed by atoms with Crippen LogP contribution >= 0.6 is 0 Å². The molecule has 1 N–H and O–H groups in total. The molecule has 1 aromatic carbocycles. The first-order valence-corrected chi connectivity index (χ1v) is 9.09. The summed E-state index contributed by atoms with van der Waals surface area (Å²) in [6.45, 7) is 2.30. The molecule has 6 heteroatoms. The lowest BCUT2D eigenvalue weighted by Gasteiger charge is -2.18. The summed E-state index contributed by atoms with van der Waals surface area (Å²) >= 11 is 0. The summed E-state index contributed by atoms with van der Waals surface area (Å²) in [4.78, 5) is 17.1. The van der Waals surface area contributed by atoms with Gasteiger partial charge in [0.15, 0.2) is 0 Å². The molecule has 0 radical (unpaired) electrons. The number of benzene rings is 1. The van der Waals surface area contributed by atoms with Crippen LogP contribution in [0.4, 0.5) is 4.39 Å². The van der Waals surface area contributed by atoms with E-state index in [2.05, 4.69) is 10.3 Å². The normalized spacial score (nSPS) is 12.2. The third kappa shape index (κ3) is 3.67. The van der Waals surface area contributed by atoms with E-state index in [0.29, 0.717) is 12.3 Å². The SMILES string of the molecule is Cc1cccc2ncc(C(CC(=O)NCc3ccco3)c3cccc(F)c3)n12. The highest BCUT2D eigenvalue weighted by Gasteiger charge is 2.23. The molecular formula is C22H20FN3O2. The van der Waals surface area contributed by atoms with Crippen molar-refractivity contribution < 1.29 is 13.6 Å². The van der Waals surface area contributed by atoms with Crippen LogP contribution in [-0.2, 0) is 11.3 Å². The Morgan fingerprint density at radius 1 is 1.21 bits per heavy atom. The van der Waals surface area contributed by atoms with Gasteiger partial charge in [0, 0.05) is 24.2 Å². The molecule has 1 unspecified atom stereocenters. The van der Waals surface area contributed by atoms with Crippen LogP contribution < -0.4 is 5.32 Å². The van der Waals surface area contributed by atoms with Gasteiger partial charge in [-0.2, -0.15) is 0 Å². The molecule has 0 saturated carbocycles. The van der Waals surface area contributed by atoms with Crippen molar-refractivity contribution in [2.24, 2.45) is 0 Å². The van der Waals surface area contributed by atoms with Gasteiger partial charge in [-0.05, 0) is 48.9 Å². The van der Waals surface area contributed by atoms with E-state index in [0.717, 1.165) is 22.6 Å². The monoisotopic (exact) mass is 377 g/mol. The van der Waals surface area contributed by atoms with Crippen molar-refractivity contribution in [2.45, 2.75) is 25.8 Å². The fraction of sp³-hybridized carbons (Fsp3) is 0.182. The second kappa shape index (κ2) is 7.68. The third-order valence-electron chi connectivity index (χ3n) is 4.79. The molecule has 0 aliphatic rings. The van der Waals surface area contributed by atoms with Crippen LogP contribution in [0.3, 0.4) is 0 Å². The Balaban J connectivity index is 1.67. The predicted octanol–water partition coefficient (Wildman–Crippen LogP) is 4.21. The number of carbonyl (C=O) groups excluding carboxylic acids is 1. The van der Waals surface area contributed by atoms with Gasteiger partial charge in [-0.15, -0.1) is 0 Å². The lowest BCUT2D eigenvalue weighted by molar-refractivity contribution is -0.121. The standard InChI is InChI=1S/C22H20FN3O2/c1-15-5-2-9-21-24-14-20(26(15)21)19(16-6-3-7-17(23)11-16)12-22(27)25-13-18-8-4-10-28-18/h2-11,14,19H,12-13H2,1H3,(H,25,27). The molecule has 28 heavy (non-hydrogen) atoms. The van der Waals surface area contributed by atoms with Gasteiger partial charge in [-0.1, -0.05) is 18.2 Å². The Morgan fingerprint density at radius 2 is 2.07 bits per heavy atom. The maximum atomic E-state index is 13.9. The van der Waals surface area contributed by atoms with E-state index in [1.54, 1.807) is 30.7 Å². The zero-order valence-corrected chi connectivity index (χ0v) is 15.4. The van der Waals surface area contributed by atoms with Gasteiger partial charge in [-0.3, -0.25) is 4.79 Å². The van der Waals surface area contributed by atoms with Crippen molar-refractivity contribution in [3.05, 3.63) is 95.6 Å². The van der Waals surface area contributed by atoms with E-state index in [9.17, 15) is 9.18 Å². The average molecular weight is 377 g/mol. The van der Waals surface area contributed by atoms with Gasteiger partial charge >= 0.3 is 0 Å². The van der Waals surface area contributed by atoms with Crippen LogP contribution in [0, 0.1) is 12.7 Å². The third-order valence-corrected chi connectivity index (χ3v) is 4.79. The largest absolute Gasteiger partial charge is 0.467 e. The molecule has 4 rings (SSSR count). The quantitative estimate of drug-likeness (QED) is 0.547. The molecule has 0 fully saturated rings. The first-order valence-electron chi connectivity index (χ1n) is 9.09. The number of halogens is 1. The van der Waals surface area contributed by atoms with E-state index < -0.39 is 0 Å². The Morgan fingerprint density at radius 3 is 2.86 bits per heavy atom. The summed E-state index contributed by atoms with van der Waals surface area (Å²) in [5.41, 5.74) is 3.39. The zero-order chi connectivity index (χ0) is 19.5. The first-order chi connectivity index (χ1) is 13.6. The summed E-state index contributed by atoms with van der Waals surface area (Å²) in [5, 5.41) is 2.87. The number of hydrogen-bond donors (Lipinski definition) is 1. The Bertz CT molecular complexity index is 1100. The summed E-state index contributed by atoms with van der Waals surface area (Å²) < 4.78 is 21.2. The summed E-state index contributed by atoms with van der Waals surface area (Å²) in [6, 6.07) is 15.8. The lowest BCUT2D eigenvalue weighted by atomic mass is 9.92. The number of amides is 1. The molecule has 3 heterocycles. The number of rotatable bonds is 6. The number of pyridine rings is 1. The summed E-state index contributed by atoms with van der Waals surface area (Å²) in [7, 11) is 0. The fourth-order valence-corrected chi connectivity index (χ4v) is 3.45. The number of fused-ring (bicyclic) bond motifs is 1. The van der Waals surface area contributed by atoms with Gasteiger partial charge in [0.2, 0.25) is 5.91 Å². The predicted molar refractivity (Wildman–Crippen MR) is 103 cm³/mol. The highest BCUT2D eigenvalue weighted by atomic mass is 19.1. The minimum absolute atomic E-state index is 0.144. The van der Waals surface area contributed by atoms with Crippen molar-refractivity contribution in [3.8, 4) is 0 Å². The van der Waals surface area contributed by atoms with Crippen LogP contribution in [0.1, 0.15) is 35.1 Å². The van der Waals surface area contributed by atoms with Crippen LogP contribution in [0.15, 0.2) is 71.5 Å². The van der Waals surface area contributed by atoms with Crippen LogP contribution in [0.2, 0.25) is 0 Å². The molecule has 1 amide bonds. The smallest absolute Gasteiger partial charge is 0.221 e. The van der Waals surface area contributed by atoms with E-state index in [1.807, 2.05) is 35.6 Å². The van der Waals surface area contributed by atoms with Crippen LogP contribution in [-0.4, -0.2) is 15.3 Å². The second-order valence-corrected chi connectivity index (χ2v) is 6.71. The van der Waals surface area contributed by atoms with Gasteiger partial charge in [0.1, 0.15) is 17.2 Å². The lowest BCUT2D eigenvalue weighted by Crippen LogP contribution is -2.25. The van der Waals surface area contributed by atoms with Crippen LogP contribution in [0.5, 0.6) is 0 Å². The molecule has 4 aromatic rings. The van der Waals surface area contributed by atoms with Gasteiger partial charge in [0.25, 0.3) is 0 Å². The molecule has 5 nitrogen and oxygen atoms in total. The number of furan rings is 1. The van der Waals surface area contributed by atoms with Crippen LogP contribution in [0.25, 0.3) is 5.65 Å². The maximum Gasteiger partial charge on any atom is 0.221 e. The van der Waals surface area contributed by atoms with Crippen molar-refractivity contribution in [2.75, 3.05) is 0 Å². The van der Waals surface area contributed by atoms with Gasteiger partial charge in [0.05, 0.1) is 18.5 Å². The van der Waals surface area contributed by atoms with E-state index in [4.69, 9.17) is 4.42 Å². The topological polar surface area (TPSA) is 59.5 Å². The molecule has 0 spiro atoms. The number of imidazole rings is 1. The van der Waals surface area contributed by atoms with E-state index in [-0.39, 0.29) is 24.1 Å². The van der Waals surface area contributed by atoms with Gasteiger partial charge in [-0.25, -0.2) is 9.37 Å². The number of nitrogens with zero attached hydrogens (tertiary/aromatic N) is 2. The maximum absolute atomic E-state index is 13.9. The fourth-order valence-electron chi connectivity index (χ4n) is 3.45. The Labute approximate surface area is 161 Å². The number of carbonyl (C=O) groups is 1. The minimum Gasteiger partial charge on any atom is -0.467 e. The molecule has 3 aromatic heterocycles. The van der Waals surface area contributed by atoms with Crippen molar-refractivity contribution in [1.82, 2.24) is 14.7 Å². The van der Waals surface area contributed by atoms with Crippen molar-refractivity contribution in [3.63, 3.8) is 0 Å². The highest BCUT2D eigenvalue weighted by molar-refractivity contribution is 5.77. The molecule has 0 aliphatic carbocycles. The first kappa shape index (κ1) is 18.0. The number of aryl methyl sites for hydroxylation is 1. The number of nitrogens with one attached hydrogen (secondary N) is 1. The Kier molecular flexibility index (Phi) is 4.93. The molecule has 142 valence electrons. The Hall–Kier alpha value is -3.41. The molecule has 0 bridgehead atoms. The van der Waals surface area contributed by atoms with Gasteiger partial charge < -0.3 is 14.1 Å². The number of hydrogen-bond acceptors (Lipinski definition) is 3. The van der Waals surface area contributed by atoms with E-state index in [1.165, 1.54) is 12.1 Å². The summed E-state index contributed by atoms with van der Waals surface area (Å²) in [5.74, 6) is -0.122. The minimum atomic E-state index is -0.330. The van der Waals surface area contributed by atoms with Crippen molar-refractivity contribution in [1.29, 1.82) is 0 Å². The second-order valence-electron chi connectivity index (χ2n) is 6.71. The average Bonchev–Trinajstić information content (AvgIpc) is 3.35. The molecular weight excluding hydrogens is 357 g/mol. The molecule has 0 aliphatic heterocycles. The molecule has 1 atom stereocenters. The number of aromatic nitrogens is 2. The zero-order valence-electron chi connectivity index (χ0n) is 15.4. The highest BCUT2D eigenvalue weighted by Crippen LogP contribution is 2.30. The molecule has 0 saturated heterocycles. The summed E-state index contributed by atoms with van der Waals surface area (Å²) in [6.07, 6.45) is 3.50. The van der Waals surface area contributed by atoms with Crippen molar-refractivity contribution >= 4 is 11.6 Å².